The molecule has 1 spiro atoms. The summed E-state index contributed by atoms with van der Waals surface area (Å²) in [5.41, 5.74) is 12.8. The standard InChI is InChI=1S/C35H21Cl/c36-24-11-7-10-23(21-24)26-15-8-18-31-34(26)28-14-4-6-17-30(28)35(31)29-16-5-3-13-27(29)33-25-12-2-1-9-22(25)19-20-32(33)35/h1-21H. The summed E-state index contributed by atoms with van der Waals surface area (Å²) in [6.45, 7) is 0. The first-order chi connectivity index (χ1) is 17.8. The van der Waals surface area contributed by atoms with E-state index in [1.54, 1.807) is 0 Å². The SMILES string of the molecule is Clc1cccc(-c2cccc3c2-c2ccccc2C32c3ccccc3-c3c2ccc2ccccc32)c1. The van der Waals surface area contributed by atoms with Crippen molar-refractivity contribution in [2.24, 2.45) is 0 Å². The highest BCUT2D eigenvalue weighted by Gasteiger charge is 2.52. The van der Waals surface area contributed by atoms with Crippen LogP contribution in [0.2, 0.25) is 5.02 Å². The number of halogens is 1. The zero-order valence-electron chi connectivity index (χ0n) is 19.5. The third-order valence-electron chi connectivity index (χ3n) is 8.14. The van der Waals surface area contributed by atoms with E-state index in [-0.39, 0.29) is 5.41 Å². The average Bonchev–Trinajstić information content (AvgIpc) is 3.41. The zero-order chi connectivity index (χ0) is 23.9. The van der Waals surface area contributed by atoms with Gasteiger partial charge in [0.2, 0.25) is 0 Å². The van der Waals surface area contributed by atoms with Crippen molar-refractivity contribution in [3.63, 3.8) is 0 Å². The molecular formula is C35H21Cl. The molecule has 0 saturated carbocycles. The highest BCUT2D eigenvalue weighted by molar-refractivity contribution is 6.30. The van der Waals surface area contributed by atoms with E-state index in [2.05, 4.69) is 115 Å². The Hall–Kier alpha value is -4.13. The molecule has 1 unspecified atom stereocenters. The molecule has 0 nitrogen and oxygen atoms in total. The number of hydrogen-bond donors (Lipinski definition) is 0. The molecule has 0 saturated heterocycles. The molecule has 36 heavy (non-hydrogen) atoms. The normalized spacial score (nSPS) is 16.6. The summed E-state index contributed by atoms with van der Waals surface area (Å²) in [6, 6.07) is 46.4. The lowest BCUT2D eigenvalue weighted by atomic mass is 9.70. The van der Waals surface area contributed by atoms with Gasteiger partial charge in [0.05, 0.1) is 5.41 Å². The van der Waals surface area contributed by atoms with Gasteiger partial charge in [-0.05, 0) is 78.5 Å². The average molecular weight is 477 g/mol. The Morgan fingerprint density at radius 1 is 0.444 bits per heavy atom. The van der Waals surface area contributed by atoms with Crippen molar-refractivity contribution in [3.8, 4) is 33.4 Å². The van der Waals surface area contributed by atoms with Gasteiger partial charge in [0.15, 0.2) is 0 Å². The van der Waals surface area contributed by atoms with E-state index in [1.807, 2.05) is 12.1 Å². The Balaban J connectivity index is 1.57. The lowest BCUT2D eigenvalue weighted by Gasteiger charge is -2.30. The van der Waals surface area contributed by atoms with Gasteiger partial charge in [-0.25, -0.2) is 0 Å². The molecule has 168 valence electrons. The number of rotatable bonds is 1. The minimum Gasteiger partial charge on any atom is -0.0843 e. The molecule has 0 fully saturated rings. The maximum atomic E-state index is 6.46. The Bertz CT molecular complexity index is 1860. The van der Waals surface area contributed by atoms with Crippen LogP contribution < -0.4 is 0 Å². The smallest absolute Gasteiger partial charge is 0.0725 e. The van der Waals surface area contributed by atoms with Crippen LogP contribution in [0.25, 0.3) is 44.2 Å². The maximum Gasteiger partial charge on any atom is 0.0725 e. The summed E-state index contributed by atoms with van der Waals surface area (Å²) < 4.78 is 0. The van der Waals surface area contributed by atoms with E-state index in [9.17, 15) is 0 Å². The first kappa shape index (κ1) is 20.1. The van der Waals surface area contributed by atoms with Crippen LogP contribution in [0.4, 0.5) is 0 Å². The maximum absolute atomic E-state index is 6.46. The molecule has 0 aliphatic heterocycles. The number of fused-ring (bicyclic) bond motifs is 12. The summed E-state index contributed by atoms with van der Waals surface area (Å²) in [5.74, 6) is 0. The van der Waals surface area contributed by atoms with Gasteiger partial charge in [0.25, 0.3) is 0 Å². The monoisotopic (exact) mass is 476 g/mol. The van der Waals surface area contributed by atoms with Crippen LogP contribution in [-0.4, -0.2) is 0 Å². The van der Waals surface area contributed by atoms with Crippen molar-refractivity contribution in [2.45, 2.75) is 5.41 Å². The second-order valence-electron chi connectivity index (χ2n) is 9.79. The third-order valence-corrected chi connectivity index (χ3v) is 8.37. The van der Waals surface area contributed by atoms with Gasteiger partial charge in [-0.1, -0.05) is 127 Å². The van der Waals surface area contributed by atoms with Gasteiger partial charge < -0.3 is 0 Å². The fourth-order valence-corrected chi connectivity index (χ4v) is 7.04. The second kappa shape index (κ2) is 7.20. The summed E-state index contributed by atoms with van der Waals surface area (Å²) >= 11 is 6.46. The zero-order valence-corrected chi connectivity index (χ0v) is 20.3. The molecular weight excluding hydrogens is 456 g/mol. The molecule has 0 N–H and O–H groups in total. The largest absolute Gasteiger partial charge is 0.0843 e. The quantitative estimate of drug-likeness (QED) is 0.221. The van der Waals surface area contributed by atoms with Crippen LogP contribution in [-0.2, 0) is 5.41 Å². The van der Waals surface area contributed by atoms with Gasteiger partial charge in [-0.2, -0.15) is 0 Å². The van der Waals surface area contributed by atoms with E-state index in [0.717, 1.165) is 10.6 Å². The molecule has 1 atom stereocenters. The molecule has 0 heterocycles. The van der Waals surface area contributed by atoms with Gasteiger partial charge in [-0.3, -0.25) is 0 Å². The predicted octanol–water partition coefficient (Wildman–Crippen LogP) is 9.50. The molecule has 6 aromatic carbocycles. The topological polar surface area (TPSA) is 0 Å². The van der Waals surface area contributed by atoms with Crippen molar-refractivity contribution in [3.05, 3.63) is 155 Å². The molecule has 0 amide bonds. The number of benzene rings is 6. The Morgan fingerprint density at radius 3 is 1.86 bits per heavy atom. The highest BCUT2D eigenvalue weighted by Crippen LogP contribution is 2.64. The van der Waals surface area contributed by atoms with Crippen molar-refractivity contribution in [1.82, 2.24) is 0 Å². The molecule has 6 aromatic rings. The molecule has 1 heteroatoms. The van der Waals surface area contributed by atoms with Crippen molar-refractivity contribution in [2.75, 3.05) is 0 Å². The van der Waals surface area contributed by atoms with Crippen LogP contribution in [0.5, 0.6) is 0 Å². The summed E-state index contributed by atoms with van der Waals surface area (Å²) in [5, 5.41) is 3.35. The summed E-state index contributed by atoms with van der Waals surface area (Å²) in [6.07, 6.45) is 0. The Kier molecular flexibility index (Phi) is 4.02. The fraction of sp³-hybridized carbons (Fsp3) is 0.0286. The first-order valence-electron chi connectivity index (χ1n) is 12.4. The van der Waals surface area contributed by atoms with Crippen molar-refractivity contribution >= 4 is 22.4 Å². The molecule has 0 radical (unpaired) electrons. The van der Waals surface area contributed by atoms with E-state index in [0.29, 0.717) is 0 Å². The molecule has 8 rings (SSSR count). The molecule has 0 bridgehead atoms. The Labute approximate surface area is 215 Å². The summed E-state index contributed by atoms with van der Waals surface area (Å²) in [4.78, 5) is 0. The van der Waals surface area contributed by atoms with Gasteiger partial charge in [-0.15, -0.1) is 0 Å². The lowest BCUT2D eigenvalue weighted by molar-refractivity contribution is 0.794. The van der Waals surface area contributed by atoms with Gasteiger partial charge in [0.1, 0.15) is 0 Å². The molecule has 2 aliphatic rings. The van der Waals surface area contributed by atoms with Crippen LogP contribution in [0.15, 0.2) is 127 Å². The minimum absolute atomic E-state index is 0.351. The van der Waals surface area contributed by atoms with Crippen LogP contribution in [0, 0.1) is 0 Å². The van der Waals surface area contributed by atoms with Crippen molar-refractivity contribution in [1.29, 1.82) is 0 Å². The second-order valence-corrected chi connectivity index (χ2v) is 10.2. The fourth-order valence-electron chi connectivity index (χ4n) is 6.85. The van der Waals surface area contributed by atoms with Crippen LogP contribution in [0.1, 0.15) is 22.3 Å². The highest BCUT2D eigenvalue weighted by atomic mass is 35.5. The summed E-state index contributed by atoms with van der Waals surface area (Å²) in [7, 11) is 0. The third kappa shape index (κ3) is 2.40. The number of hydrogen-bond acceptors (Lipinski definition) is 0. The molecule has 2 aliphatic carbocycles. The predicted molar refractivity (Wildman–Crippen MR) is 151 cm³/mol. The van der Waals surface area contributed by atoms with Gasteiger partial charge in [0, 0.05) is 5.02 Å². The van der Waals surface area contributed by atoms with Crippen LogP contribution in [0.3, 0.4) is 0 Å². The minimum atomic E-state index is -0.351. The van der Waals surface area contributed by atoms with E-state index in [1.165, 1.54) is 60.8 Å². The Morgan fingerprint density at radius 2 is 1.06 bits per heavy atom. The van der Waals surface area contributed by atoms with E-state index in [4.69, 9.17) is 11.6 Å². The van der Waals surface area contributed by atoms with Gasteiger partial charge >= 0.3 is 0 Å². The van der Waals surface area contributed by atoms with E-state index < -0.39 is 0 Å². The lowest BCUT2D eigenvalue weighted by Crippen LogP contribution is -2.25. The molecule has 0 aromatic heterocycles. The van der Waals surface area contributed by atoms with Crippen LogP contribution >= 0.6 is 11.6 Å². The first-order valence-corrected chi connectivity index (χ1v) is 12.8. The van der Waals surface area contributed by atoms with Crippen molar-refractivity contribution < 1.29 is 0 Å². The van der Waals surface area contributed by atoms with E-state index >= 15 is 0 Å².